The summed E-state index contributed by atoms with van der Waals surface area (Å²) in [5.41, 5.74) is 2.75. The van der Waals surface area contributed by atoms with Crippen LogP contribution in [0.4, 0.5) is 0 Å². The van der Waals surface area contributed by atoms with Crippen molar-refractivity contribution in [3.05, 3.63) is 65.5 Å². The predicted octanol–water partition coefficient (Wildman–Crippen LogP) is 3.11. The van der Waals surface area contributed by atoms with Gasteiger partial charge in [0.2, 0.25) is 0 Å². The minimum absolute atomic E-state index is 0.0475. The van der Waals surface area contributed by atoms with Gasteiger partial charge in [-0.3, -0.25) is 9.69 Å². The Balaban J connectivity index is 1.54. The third kappa shape index (κ3) is 4.47. The first kappa shape index (κ1) is 18.8. The molecule has 2 heterocycles. The molecule has 0 saturated carbocycles. The lowest BCUT2D eigenvalue weighted by atomic mass is 10.1. The number of amides is 1. The second kappa shape index (κ2) is 9.10. The van der Waals surface area contributed by atoms with E-state index in [-0.39, 0.29) is 5.91 Å². The molecule has 1 fully saturated rings. The van der Waals surface area contributed by atoms with Crippen molar-refractivity contribution >= 4 is 17.2 Å². The van der Waals surface area contributed by atoms with Gasteiger partial charge >= 0.3 is 0 Å². The highest BCUT2D eigenvalue weighted by atomic mass is 32.1. The van der Waals surface area contributed by atoms with E-state index in [0.717, 1.165) is 54.6 Å². The zero-order valence-electron chi connectivity index (χ0n) is 15.7. The summed E-state index contributed by atoms with van der Waals surface area (Å²) in [6.07, 6.45) is 0. The number of nitrogens with one attached hydrogen (secondary N) is 2. The van der Waals surface area contributed by atoms with Gasteiger partial charge in [-0.1, -0.05) is 60.7 Å². The summed E-state index contributed by atoms with van der Waals surface area (Å²) in [7, 11) is 0. The van der Waals surface area contributed by atoms with Crippen molar-refractivity contribution in [3.8, 4) is 21.8 Å². The third-order valence-electron chi connectivity index (χ3n) is 4.82. The van der Waals surface area contributed by atoms with E-state index in [1.54, 1.807) is 0 Å². The number of hydrogen-bond acceptors (Lipinski definition) is 5. The van der Waals surface area contributed by atoms with Crippen LogP contribution in [0.1, 0.15) is 9.67 Å². The van der Waals surface area contributed by atoms with E-state index < -0.39 is 0 Å². The standard InChI is InChI=1S/C22H24N4OS/c27-21(24-13-16-26-14-11-23-12-15-26)20-19(17-7-3-1-4-8-17)25-22(28-20)18-9-5-2-6-10-18/h1-10,23H,11-16H2,(H,24,27). The fourth-order valence-corrected chi connectivity index (χ4v) is 4.32. The quantitative estimate of drug-likeness (QED) is 0.677. The maximum absolute atomic E-state index is 13.0. The lowest BCUT2D eigenvalue weighted by Gasteiger charge is -2.27. The maximum Gasteiger partial charge on any atom is 0.263 e. The first-order valence-electron chi connectivity index (χ1n) is 9.64. The average molecular weight is 393 g/mol. The summed E-state index contributed by atoms with van der Waals surface area (Å²) >= 11 is 1.45. The minimum atomic E-state index is -0.0475. The minimum Gasteiger partial charge on any atom is -0.350 e. The molecule has 144 valence electrons. The number of carbonyl (C=O) groups excluding carboxylic acids is 1. The first-order valence-corrected chi connectivity index (χ1v) is 10.5. The van der Waals surface area contributed by atoms with Gasteiger partial charge in [0.05, 0.1) is 5.69 Å². The molecule has 3 aromatic rings. The van der Waals surface area contributed by atoms with E-state index in [2.05, 4.69) is 15.5 Å². The molecule has 0 aliphatic carbocycles. The summed E-state index contributed by atoms with van der Waals surface area (Å²) in [6.45, 7) is 5.61. The largest absolute Gasteiger partial charge is 0.350 e. The highest BCUT2D eigenvalue weighted by molar-refractivity contribution is 7.17. The van der Waals surface area contributed by atoms with Crippen molar-refractivity contribution in [2.45, 2.75) is 0 Å². The van der Waals surface area contributed by atoms with E-state index in [0.29, 0.717) is 11.4 Å². The Labute approximate surface area is 169 Å². The number of nitrogens with zero attached hydrogens (tertiary/aromatic N) is 2. The molecule has 1 saturated heterocycles. The predicted molar refractivity (Wildman–Crippen MR) is 115 cm³/mol. The van der Waals surface area contributed by atoms with Gasteiger partial charge in [0, 0.05) is 50.4 Å². The van der Waals surface area contributed by atoms with Crippen molar-refractivity contribution in [1.29, 1.82) is 0 Å². The molecule has 0 radical (unpaired) electrons. The Kier molecular flexibility index (Phi) is 6.11. The van der Waals surface area contributed by atoms with Gasteiger partial charge in [0.15, 0.2) is 0 Å². The lowest BCUT2D eigenvalue weighted by Crippen LogP contribution is -2.46. The van der Waals surface area contributed by atoms with E-state index in [4.69, 9.17) is 4.98 Å². The van der Waals surface area contributed by atoms with Gasteiger partial charge < -0.3 is 10.6 Å². The van der Waals surface area contributed by atoms with E-state index >= 15 is 0 Å². The molecule has 0 atom stereocenters. The molecule has 1 aliphatic heterocycles. The Hall–Kier alpha value is -2.54. The molecule has 2 aromatic carbocycles. The third-order valence-corrected chi connectivity index (χ3v) is 5.93. The van der Waals surface area contributed by atoms with Crippen molar-refractivity contribution < 1.29 is 4.79 Å². The number of thiazole rings is 1. The molecule has 1 aromatic heterocycles. The Bertz CT molecular complexity index is 905. The molecule has 0 bridgehead atoms. The lowest BCUT2D eigenvalue weighted by molar-refractivity contribution is 0.0951. The molecule has 1 amide bonds. The van der Waals surface area contributed by atoms with Crippen LogP contribution in [0.15, 0.2) is 60.7 Å². The zero-order chi connectivity index (χ0) is 19.2. The monoisotopic (exact) mass is 392 g/mol. The summed E-state index contributed by atoms with van der Waals surface area (Å²) in [4.78, 5) is 20.8. The van der Waals surface area contributed by atoms with E-state index in [1.807, 2.05) is 60.7 Å². The zero-order valence-corrected chi connectivity index (χ0v) is 16.5. The van der Waals surface area contributed by atoms with Crippen molar-refractivity contribution in [2.24, 2.45) is 0 Å². The molecule has 0 unspecified atom stereocenters. The summed E-state index contributed by atoms with van der Waals surface area (Å²) < 4.78 is 0. The number of carbonyl (C=O) groups is 1. The molecule has 0 spiro atoms. The summed E-state index contributed by atoms with van der Waals surface area (Å²) in [6, 6.07) is 20.0. The summed E-state index contributed by atoms with van der Waals surface area (Å²) in [5, 5.41) is 7.31. The fraction of sp³-hybridized carbons (Fsp3) is 0.273. The van der Waals surface area contributed by atoms with Gasteiger partial charge in [-0.2, -0.15) is 0 Å². The molecule has 2 N–H and O–H groups in total. The SMILES string of the molecule is O=C(NCCN1CCNCC1)c1sc(-c2ccccc2)nc1-c1ccccc1. The van der Waals surface area contributed by atoms with Crippen LogP contribution in [0.5, 0.6) is 0 Å². The van der Waals surface area contributed by atoms with Crippen LogP contribution in [0, 0.1) is 0 Å². The highest BCUT2D eigenvalue weighted by Crippen LogP contribution is 2.33. The summed E-state index contributed by atoms with van der Waals surface area (Å²) in [5.74, 6) is -0.0475. The Morgan fingerprint density at radius 1 is 1.00 bits per heavy atom. The first-order chi connectivity index (χ1) is 13.8. The van der Waals surface area contributed by atoms with Gasteiger partial charge in [-0.25, -0.2) is 4.98 Å². The highest BCUT2D eigenvalue weighted by Gasteiger charge is 2.20. The number of rotatable bonds is 6. The van der Waals surface area contributed by atoms with Crippen molar-refractivity contribution in [2.75, 3.05) is 39.3 Å². The number of piperazine rings is 1. The Morgan fingerprint density at radius 2 is 1.64 bits per heavy atom. The van der Waals surface area contributed by atoms with Crippen LogP contribution in [0.25, 0.3) is 21.8 Å². The smallest absolute Gasteiger partial charge is 0.263 e. The van der Waals surface area contributed by atoms with Crippen molar-refractivity contribution in [1.82, 2.24) is 20.5 Å². The van der Waals surface area contributed by atoms with Crippen LogP contribution >= 0.6 is 11.3 Å². The molecular formula is C22H24N4OS. The molecule has 1 aliphatic rings. The average Bonchev–Trinajstić information content (AvgIpc) is 3.21. The van der Waals surface area contributed by atoms with E-state index in [9.17, 15) is 4.79 Å². The normalized spacial score (nSPS) is 14.7. The van der Waals surface area contributed by atoms with Gasteiger partial charge in [-0.15, -0.1) is 11.3 Å². The molecular weight excluding hydrogens is 368 g/mol. The van der Waals surface area contributed by atoms with Gasteiger partial charge in [-0.05, 0) is 0 Å². The van der Waals surface area contributed by atoms with Crippen LogP contribution < -0.4 is 10.6 Å². The fourth-order valence-electron chi connectivity index (χ4n) is 3.31. The number of hydrogen-bond donors (Lipinski definition) is 2. The van der Waals surface area contributed by atoms with Crippen LogP contribution in [0.3, 0.4) is 0 Å². The van der Waals surface area contributed by atoms with Crippen LogP contribution in [-0.4, -0.2) is 55.1 Å². The van der Waals surface area contributed by atoms with Crippen LogP contribution in [0.2, 0.25) is 0 Å². The van der Waals surface area contributed by atoms with Gasteiger partial charge in [0.25, 0.3) is 5.91 Å². The molecule has 5 nitrogen and oxygen atoms in total. The number of benzene rings is 2. The molecule has 28 heavy (non-hydrogen) atoms. The van der Waals surface area contributed by atoms with Gasteiger partial charge in [0.1, 0.15) is 9.88 Å². The maximum atomic E-state index is 13.0. The number of aromatic nitrogens is 1. The van der Waals surface area contributed by atoms with Crippen molar-refractivity contribution in [3.63, 3.8) is 0 Å². The second-order valence-electron chi connectivity index (χ2n) is 6.78. The Morgan fingerprint density at radius 3 is 2.32 bits per heavy atom. The van der Waals surface area contributed by atoms with Crippen LogP contribution in [-0.2, 0) is 0 Å². The molecule has 4 rings (SSSR count). The second-order valence-corrected chi connectivity index (χ2v) is 7.78. The molecule has 6 heteroatoms. The topological polar surface area (TPSA) is 57.3 Å². The van der Waals surface area contributed by atoms with E-state index in [1.165, 1.54) is 11.3 Å².